The van der Waals surface area contributed by atoms with E-state index in [1.165, 1.54) is 12.7 Å². The van der Waals surface area contributed by atoms with Gasteiger partial charge in [0.2, 0.25) is 0 Å². The van der Waals surface area contributed by atoms with Crippen LogP contribution >= 0.6 is 12.4 Å². The summed E-state index contributed by atoms with van der Waals surface area (Å²) in [5.41, 5.74) is 1.25. The van der Waals surface area contributed by atoms with E-state index in [2.05, 4.69) is 21.9 Å². The van der Waals surface area contributed by atoms with E-state index in [-0.39, 0.29) is 18.4 Å². The lowest BCUT2D eigenvalue weighted by atomic mass is 10.1. The standard InChI is InChI=1S/C16H24N2O3.ClH/c1-12-10-18(9-8-17-12)11-14-4-6-15(7-5-14)21-13(2)16(19)20-3;/h4-7,12-13,17H,8-11H2,1-3H3;1H. The van der Waals surface area contributed by atoms with Crippen LogP contribution in [0.1, 0.15) is 19.4 Å². The van der Waals surface area contributed by atoms with Crippen LogP contribution in [0, 0.1) is 0 Å². The van der Waals surface area contributed by atoms with Gasteiger partial charge in [0.25, 0.3) is 0 Å². The molecule has 0 aromatic heterocycles. The lowest BCUT2D eigenvalue weighted by Gasteiger charge is -2.31. The summed E-state index contributed by atoms with van der Waals surface area (Å²) in [6.07, 6.45) is -0.588. The number of piperazine rings is 1. The molecule has 1 saturated heterocycles. The van der Waals surface area contributed by atoms with Crippen LogP contribution in [-0.4, -0.2) is 49.8 Å². The zero-order chi connectivity index (χ0) is 15.2. The number of hydrogen-bond donors (Lipinski definition) is 1. The second-order valence-electron chi connectivity index (χ2n) is 5.52. The van der Waals surface area contributed by atoms with Gasteiger partial charge in [-0.1, -0.05) is 12.1 Å². The second-order valence-corrected chi connectivity index (χ2v) is 5.52. The molecule has 2 rings (SSSR count). The molecule has 0 bridgehead atoms. The minimum Gasteiger partial charge on any atom is -0.479 e. The maximum Gasteiger partial charge on any atom is 0.346 e. The van der Waals surface area contributed by atoms with E-state index in [0.29, 0.717) is 11.8 Å². The Balaban J connectivity index is 0.00000242. The molecule has 1 aromatic carbocycles. The van der Waals surface area contributed by atoms with E-state index >= 15 is 0 Å². The molecule has 6 heteroatoms. The lowest BCUT2D eigenvalue weighted by molar-refractivity contribution is -0.147. The van der Waals surface area contributed by atoms with Crippen molar-refractivity contribution in [2.24, 2.45) is 0 Å². The number of methoxy groups -OCH3 is 1. The molecule has 1 aliphatic rings. The average molecular weight is 329 g/mol. The van der Waals surface area contributed by atoms with Crippen molar-refractivity contribution in [3.05, 3.63) is 29.8 Å². The van der Waals surface area contributed by atoms with Gasteiger partial charge in [-0.25, -0.2) is 4.79 Å². The van der Waals surface area contributed by atoms with Gasteiger partial charge < -0.3 is 14.8 Å². The quantitative estimate of drug-likeness (QED) is 0.836. The summed E-state index contributed by atoms with van der Waals surface area (Å²) in [6.45, 7) is 8.01. The zero-order valence-electron chi connectivity index (χ0n) is 13.4. The minimum absolute atomic E-state index is 0. The van der Waals surface area contributed by atoms with E-state index in [9.17, 15) is 4.79 Å². The van der Waals surface area contributed by atoms with Gasteiger partial charge in [0.1, 0.15) is 5.75 Å². The third kappa shape index (κ3) is 5.48. The molecule has 0 radical (unpaired) electrons. The Labute approximate surface area is 138 Å². The van der Waals surface area contributed by atoms with Crippen LogP contribution in [0.2, 0.25) is 0 Å². The fraction of sp³-hybridized carbons (Fsp3) is 0.562. The van der Waals surface area contributed by atoms with Crippen molar-refractivity contribution in [2.75, 3.05) is 26.7 Å². The fourth-order valence-corrected chi connectivity index (χ4v) is 2.51. The minimum atomic E-state index is -0.588. The van der Waals surface area contributed by atoms with Gasteiger partial charge in [-0.05, 0) is 31.5 Å². The molecule has 0 aliphatic carbocycles. The first kappa shape index (κ1) is 18.7. The summed E-state index contributed by atoms with van der Waals surface area (Å²) >= 11 is 0. The number of carbonyl (C=O) groups excluding carboxylic acids is 1. The first-order valence-corrected chi connectivity index (χ1v) is 7.37. The highest BCUT2D eigenvalue weighted by Gasteiger charge is 2.16. The zero-order valence-corrected chi connectivity index (χ0v) is 14.2. The average Bonchev–Trinajstić information content (AvgIpc) is 2.48. The molecule has 124 valence electrons. The van der Waals surface area contributed by atoms with Crippen LogP contribution in [0.5, 0.6) is 5.75 Å². The van der Waals surface area contributed by atoms with Crippen LogP contribution in [0.25, 0.3) is 0 Å². The van der Waals surface area contributed by atoms with E-state index in [0.717, 1.165) is 26.2 Å². The monoisotopic (exact) mass is 328 g/mol. The molecule has 2 atom stereocenters. The van der Waals surface area contributed by atoms with Crippen molar-refractivity contribution < 1.29 is 14.3 Å². The molecule has 0 saturated carbocycles. The molecular formula is C16H25ClN2O3. The third-order valence-corrected chi connectivity index (χ3v) is 3.63. The third-order valence-electron chi connectivity index (χ3n) is 3.63. The number of nitrogens with one attached hydrogen (secondary N) is 1. The van der Waals surface area contributed by atoms with Gasteiger partial charge in [0.15, 0.2) is 6.10 Å². The maximum absolute atomic E-state index is 11.3. The van der Waals surface area contributed by atoms with Crippen LogP contribution in [-0.2, 0) is 16.1 Å². The van der Waals surface area contributed by atoms with Gasteiger partial charge >= 0.3 is 5.97 Å². The number of halogens is 1. The summed E-state index contributed by atoms with van der Waals surface area (Å²) < 4.78 is 10.2. The lowest BCUT2D eigenvalue weighted by Crippen LogP contribution is -2.48. The predicted octanol–water partition coefficient (Wildman–Crippen LogP) is 1.84. The molecule has 5 nitrogen and oxygen atoms in total. The molecule has 22 heavy (non-hydrogen) atoms. The highest BCUT2D eigenvalue weighted by molar-refractivity contribution is 5.85. The molecule has 1 aromatic rings. The molecule has 0 spiro atoms. The van der Waals surface area contributed by atoms with Crippen LogP contribution in [0.15, 0.2) is 24.3 Å². The molecule has 0 amide bonds. The Bertz CT molecular complexity index is 467. The summed E-state index contributed by atoms with van der Waals surface area (Å²) in [7, 11) is 1.36. The highest BCUT2D eigenvalue weighted by atomic mass is 35.5. The second kappa shape index (κ2) is 8.98. The van der Waals surface area contributed by atoms with Gasteiger partial charge in [0.05, 0.1) is 7.11 Å². The summed E-state index contributed by atoms with van der Waals surface area (Å²) in [5.74, 6) is 0.319. The van der Waals surface area contributed by atoms with Crippen molar-refractivity contribution in [3.8, 4) is 5.75 Å². The summed E-state index contributed by atoms with van der Waals surface area (Å²) in [4.78, 5) is 13.8. The molecule has 1 heterocycles. The van der Waals surface area contributed by atoms with Crippen molar-refractivity contribution >= 4 is 18.4 Å². The largest absolute Gasteiger partial charge is 0.479 e. The van der Waals surface area contributed by atoms with Crippen molar-refractivity contribution in [1.29, 1.82) is 0 Å². The van der Waals surface area contributed by atoms with Crippen LogP contribution in [0.4, 0.5) is 0 Å². The number of nitrogens with zero attached hydrogens (tertiary/aromatic N) is 1. The number of rotatable bonds is 5. The smallest absolute Gasteiger partial charge is 0.346 e. The van der Waals surface area contributed by atoms with Crippen LogP contribution in [0.3, 0.4) is 0 Å². The van der Waals surface area contributed by atoms with Crippen molar-refractivity contribution in [3.63, 3.8) is 0 Å². The highest BCUT2D eigenvalue weighted by Crippen LogP contribution is 2.16. The van der Waals surface area contributed by atoms with E-state index in [1.54, 1.807) is 6.92 Å². The molecule has 1 N–H and O–H groups in total. The van der Waals surface area contributed by atoms with Gasteiger partial charge in [-0.2, -0.15) is 0 Å². The van der Waals surface area contributed by atoms with Gasteiger partial charge in [0, 0.05) is 32.2 Å². The van der Waals surface area contributed by atoms with Gasteiger partial charge in [-0.3, -0.25) is 4.90 Å². The molecule has 2 unspecified atom stereocenters. The topological polar surface area (TPSA) is 50.8 Å². The van der Waals surface area contributed by atoms with Gasteiger partial charge in [-0.15, -0.1) is 12.4 Å². The predicted molar refractivity (Wildman–Crippen MR) is 88.5 cm³/mol. The number of hydrogen-bond acceptors (Lipinski definition) is 5. The van der Waals surface area contributed by atoms with E-state index in [4.69, 9.17) is 4.74 Å². The van der Waals surface area contributed by atoms with E-state index < -0.39 is 6.10 Å². The maximum atomic E-state index is 11.3. The summed E-state index contributed by atoms with van der Waals surface area (Å²) in [6, 6.07) is 8.45. The number of ether oxygens (including phenoxy) is 2. The Morgan fingerprint density at radius 2 is 2.09 bits per heavy atom. The summed E-state index contributed by atoms with van der Waals surface area (Å²) in [5, 5.41) is 3.44. The normalized spacial score (nSPS) is 19.9. The molecule has 1 aliphatic heterocycles. The number of esters is 1. The number of carbonyl (C=O) groups is 1. The SMILES string of the molecule is COC(=O)C(C)Oc1ccc(CN2CCNC(C)C2)cc1.Cl. The Morgan fingerprint density at radius 3 is 2.68 bits per heavy atom. The van der Waals surface area contributed by atoms with Crippen molar-refractivity contribution in [2.45, 2.75) is 32.5 Å². The number of benzene rings is 1. The van der Waals surface area contributed by atoms with Crippen molar-refractivity contribution in [1.82, 2.24) is 10.2 Å². The Morgan fingerprint density at radius 1 is 1.41 bits per heavy atom. The first-order valence-electron chi connectivity index (χ1n) is 7.37. The first-order chi connectivity index (χ1) is 10.1. The van der Waals surface area contributed by atoms with E-state index in [1.807, 2.05) is 24.3 Å². The fourth-order valence-electron chi connectivity index (χ4n) is 2.51. The molecule has 1 fully saturated rings. The Hall–Kier alpha value is -1.30. The van der Waals surface area contributed by atoms with Crippen LogP contribution < -0.4 is 10.1 Å². The molecular weight excluding hydrogens is 304 g/mol. The Kier molecular flexibility index (Phi) is 7.65.